The summed E-state index contributed by atoms with van der Waals surface area (Å²) in [5.74, 6) is 0. The van der Waals surface area contributed by atoms with E-state index in [2.05, 4.69) is 66.8 Å². The van der Waals surface area contributed by atoms with Gasteiger partial charge in [-0.25, -0.2) is 0 Å². The van der Waals surface area contributed by atoms with Crippen LogP contribution in [0.25, 0.3) is 11.1 Å². The van der Waals surface area contributed by atoms with E-state index in [1.165, 1.54) is 25.8 Å². The van der Waals surface area contributed by atoms with Gasteiger partial charge in [0.2, 0.25) is 0 Å². The van der Waals surface area contributed by atoms with E-state index in [-0.39, 0.29) is 5.41 Å². The fraction of sp³-hybridized carbons (Fsp3) is 0.278. The molecule has 0 saturated heterocycles. The summed E-state index contributed by atoms with van der Waals surface area (Å²) in [5.41, 5.74) is 6.21. The van der Waals surface area contributed by atoms with Crippen LogP contribution >= 0.6 is 22.6 Å². The van der Waals surface area contributed by atoms with E-state index in [0.717, 1.165) is 24.7 Å². The predicted octanol–water partition coefficient (Wildman–Crippen LogP) is 5.19. The van der Waals surface area contributed by atoms with Gasteiger partial charge >= 0.3 is 0 Å². The van der Waals surface area contributed by atoms with Crippen molar-refractivity contribution in [2.75, 3.05) is 0 Å². The molecule has 0 heterocycles. The van der Waals surface area contributed by atoms with Crippen molar-refractivity contribution in [3.05, 3.63) is 56.7 Å². The Hall–Kier alpha value is -1.16. The minimum Gasteiger partial charge on any atom is -0.298 e. The lowest BCUT2D eigenvalue weighted by atomic mass is 9.73. The van der Waals surface area contributed by atoms with Crippen LogP contribution in [0, 0.1) is 3.57 Å². The Balaban J connectivity index is 2.37. The van der Waals surface area contributed by atoms with E-state index in [9.17, 15) is 4.79 Å². The molecule has 0 fully saturated rings. The minimum atomic E-state index is 0.0604. The summed E-state index contributed by atoms with van der Waals surface area (Å²) in [4.78, 5) is 11.1. The van der Waals surface area contributed by atoms with Gasteiger partial charge in [-0.3, -0.25) is 4.79 Å². The standard InChI is InChI=1S/C18H17IO/c1-3-18(4-2)16-9-12(11-20)5-7-14(16)15-8-6-13(19)10-17(15)18/h5-11H,3-4H2,1-2H3. The number of fused-ring (bicyclic) bond motifs is 3. The first kappa shape index (κ1) is 13.8. The SMILES string of the molecule is CCC1(CC)c2cc(I)ccc2-c2ccc(C=O)cc21. The second-order valence-corrected chi connectivity index (χ2v) is 6.65. The molecule has 1 aliphatic carbocycles. The highest BCUT2D eigenvalue weighted by Gasteiger charge is 2.40. The summed E-state index contributed by atoms with van der Waals surface area (Å²) < 4.78 is 1.27. The fourth-order valence-corrected chi connectivity index (χ4v) is 4.06. The zero-order valence-electron chi connectivity index (χ0n) is 11.7. The number of benzene rings is 2. The monoisotopic (exact) mass is 376 g/mol. The maximum absolute atomic E-state index is 11.1. The van der Waals surface area contributed by atoms with Gasteiger partial charge in [0.1, 0.15) is 6.29 Å². The molecule has 2 heteroatoms. The van der Waals surface area contributed by atoms with Crippen LogP contribution in [-0.2, 0) is 5.41 Å². The van der Waals surface area contributed by atoms with Gasteiger partial charge in [0.05, 0.1) is 0 Å². The molecule has 3 rings (SSSR count). The molecule has 0 N–H and O–H groups in total. The molecule has 1 nitrogen and oxygen atoms in total. The molecule has 2 aromatic carbocycles. The Labute approximate surface area is 133 Å². The summed E-state index contributed by atoms with van der Waals surface area (Å²) in [6, 6.07) is 12.8. The van der Waals surface area contributed by atoms with Crippen molar-refractivity contribution in [3.8, 4) is 11.1 Å². The number of hydrogen-bond donors (Lipinski definition) is 0. The first-order valence-corrected chi connectivity index (χ1v) is 8.14. The predicted molar refractivity (Wildman–Crippen MR) is 91.3 cm³/mol. The second kappa shape index (κ2) is 4.99. The van der Waals surface area contributed by atoms with Crippen molar-refractivity contribution < 1.29 is 4.79 Å². The fourth-order valence-electron chi connectivity index (χ4n) is 3.57. The summed E-state index contributed by atoms with van der Waals surface area (Å²) in [6.45, 7) is 4.49. The zero-order chi connectivity index (χ0) is 14.3. The summed E-state index contributed by atoms with van der Waals surface area (Å²) >= 11 is 2.38. The summed E-state index contributed by atoms with van der Waals surface area (Å²) in [5, 5.41) is 0. The second-order valence-electron chi connectivity index (χ2n) is 5.40. The highest BCUT2D eigenvalue weighted by atomic mass is 127. The molecule has 102 valence electrons. The maximum Gasteiger partial charge on any atom is 0.150 e. The third-order valence-corrected chi connectivity index (χ3v) is 5.36. The van der Waals surface area contributed by atoms with Crippen LogP contribution in [-0.4, -0.2) is 6.29 Å². The Bertz CT molecular complexity index is 684. The molecule has 0 radical (unpaired) electrons. The van der Waals surface area contributed by atoms with Crippen molar-refractivity contribution >= 4 is 28.9 Å². The Kier molecular flexibility index (Phi) is 3.44. The van der Waals surface area contributed by atoms with Crippen LogP contribution < -0.4 is 0 Å². The van der Waals surface area contributed by atoms with Crippen molar-refractivity contribution in [2.24, 2.45) is 0 Å². The van der Waals surface area contributed by atoms with Crippen molar-refractivity contribution in [2.45, 2.75) is 32.1 Å². The Morgan fingerprint density at radius 3 is 2.20 bits per heavy atom. The van der Waals surface area contributed by atoms with Crippen LogP contribution in [0.5, 0.6) is 0 Å². The molecular weight excluding hydrogens is 359 g/mol. The molecule has 0 saturated carbocycles. The smallest absolute Gasteiger partial charge is 0.150 e. The number of carbonyl (C=O) groups is 1. The summed E-state index contributed by atoms with van der Waals surface area (Å²) in [6.07, 6.45) is 3.07. The molecule has 1 aliphatic rings. The van der Waals surface area contributed by atoms with Gasteiger partial charge < -0.3 is 0 Å². The van der Waals surface area contributed by atoms with E-state index in [4.69, 9.17) is 0 Å². The number of hydrogen-bond acceptors (Lipinski definition) is 1. The highest BCUT2D eigenvalue weighted by Crippen LogP contribution is 2.52. The highest BCUT2D eigenvalue weighted by molar-refractivity contribution is 14.1. The van der Waals surface area contributed by atoms with Gasteiger partial charge in [-0.05, 0) is 75.9 Å². The quantitative estimate of drug-likeness (QED) is 0.532. The van der Waals surface area contributed by atoms with Crippen molar-refractivity contribution in [1.29, 1.82) is 0 Å². The lowest BCUT2D eigenvalue weighted by Crippen LogP contribution is -2.23. The molecule has 0 unspecified atom stereocenters. The molecule has 0 aromatic heterocycles. The Morgan fingerprint density at radius 2 is 1.60 bits per heavy atom. The van der Waals surface area contributed by atoms with Crippen LogP contribution in [0.1, 0.15) is 48.2 Å². The molecule has 0 atom stereocenters. The molecule has 0 bridgehead atoms. The van der Waals surface area contributed by atoms with E-state index < -0.39 is 0 Å². The Morgan fingerprint density at radius 1 is 1.00 bits per heavy atom. The van der Waals surface area contributed by atoms with E-state index >= 15 is 0 Å². The van der Waals surface area contributed by atoms with Crippen LogP contribution in [0.15, 0.2) is 36.4 Å². The van der Waals surface area contributed by atoms with Crippen LogP contribution in [0.2, 0.25) is 0 Å². The zero-order valence-corrected chi connectivity index (χ0v) is 13.9. The van der Waals surface area contributed by atoms with Gasteiger partial charge in [0.25, 0.3) is 0 Å². The van der Waals surface area contributed by atoms with Crippen molar-refractivity contribution in [1.82, 2.24) is 0 Å². The molecule has 0 amide bonds. The third-order valence-electron chi connectivity index (χ3n) is 4.69. The van der Waals surface area contributed by atoms with E-state index in [0.29, 0.717) is 0 Å². The van der Waals surface area contributed by atoms with Gasteiger partial charge in [-0.15, -0.1) is 0 Å². The van der Waals surface area contributed by atoms with E-state index in [1.807, 2.05) is 6.07 Å². The normalized spacial score (nSPS) is 14.8. The maximum atomic E-state index is 11.1. The van der Waals surface area contributed by atoms with Crippen LogP contribution in [0.3, 0.4) is 0 Å². The summed E-state index contributed by atoms with van der Waals surface area (Å²) in [7, 11) is 0. The first-order valence-electron chi connectivity index (χ1n) is 7.06. The molecule has 0 spiro atoms. The topological polar surface area (TPSA) is 17.1 Å². The first-order chi connectivity index (χ1) is 9.66. The lowest BCUT2D eigenvalue weighted by molar-refractivity contribution is 0.112. The largest absolute Gasteiger partial charge is 0.298 e. The lowest BCUT2D eigenvalue weighted by Gasteiger charge is -2.29. The van der Waals surface area contributed by atoms with Crippen LogP contribution in [0.4, 0.5) is 0 Å². The van der Waals surface area contributed by atoms with Crippen molar-refractivity contribution in [3.63, 3.8) is 0 Å². The third kappa shape index (κ3) is 1.77. The molecule has 20 heavy (non-hydrogen) atoms. The molecule has 2 aromatic rings. The average Bonchev–Trinajstić information content (AvgIpc) is 2.76. The van der Waals surface area contributed by atoms with Gasteiger partial charge in [-0.2, -0.15) is 0 Å². The number of halogens is 1. The number of aldehydes is 1. The molecular formula is C18H17IO. The van der Waals surface area contributed by atoms with Gasteiger partial charge in [0, 0.05) is 14.5 Å². The molecule has 0 aliphatic heterocycles. The van der Waals surface area contributed by atoms with Gasteiger partial charge in [-0.1, -0.05) is 32.0 Å². The van der Waals surface area contributed by atoms with Gasteiger partial charge in [0.15, 0.2) is 0 Å². The van der Waals surface area contributed by atoms with E-state index in [1.54, 1.807) is 0 Å². The number of carbonyl (C=O) groups excluding carboxylic acids is 1. The minimum absolute atomic E-state index is 0.0604. The average molecular weight is 376 g/mol. The number of rotatable bonds is 3.